The zero-order valence-electron chi connectivity index (χ0n) is 18.4. The van der Waals surface area contributed by atoms with Crippen LogP contribution in [0.5, 0.6) is 0 Å². The Morgan fingerprint density at radius 1 is 0.971 bits per heavy atom. The van der Waals surface area contributed by atoms with Gasteiger partial charge in [-0.05, 0) is 47.9 Å². The van der Waals surface area contributed by atoms with Gasteiger partial charge in [0.05, 0.1) is 17.8 Å². The molecule has 3 N–H and O–H groups in total. The second-order valence-electron chi connectivity index (χ2n) is 7.70. The summed E-state index contributed by atoms with van der Waals surface area (Å²) in [4.78, 5) is 44.6. The second-order valence-corrected chi connectivity index (χ2v) is 7.70. The summed E-state index contributed by atoms with van der Waals surface area (Å²) in [6.45, 7) is 1.92. The number of aryl methyl sites for hydroxylation is 1. The molecule has 0 unspecified atom stereocenters. The molecular formula is C24H23FN4O5. The maximum Gasteiger partial charge on any atom is 0.335 e. The van der Waals surface area contributed by atoms with Crippen molar-refractivity contribution < 1.29 is 29.0 Å². The van der Waals surface area contributed by atoms with Gasteiger partial charge in [0.1, 0.15) is 17.8 Å². The van der Waals surface area contributed by atoms with Crippen LogP contribution in [0, 0.1) is 12.7 Å². The van der Waals surface area contributed by atoms with Crippen LogP contribution in [0.4, 0.5) is 4.39 Å². The molecule has 1 heterocycles. The van der Waals surface area contributed by atoms with E-state index in [1.807, 2.05) is 0 Å². The zero-order chi connectivity index (χ0) is 24.7. The molecule has 0 bridgehead atoms. The first-order chi connectivity index (χ1) is 16.2. The van der Waals surface area contributed by atoms with Crippen molar-refractivity contribution in [3.05, 3.63) is 94.3 Å². The smallest absolute Gasteiger partial charge is 0.335 e. The van der Waals surface area contributed by atoms with E-state index in [4.69, 9.17) is 5.11 Å². The molecule has 1 aromatic heterocycles. The third-order valence-electron chi connectivity index (χ3n) is 4.98. The number of hydrogen-bond acceptors (Lipinski definition) is 6. The number of carboxylic acids is 2. The average Bonchev–Trinajstić information content (AvgIpc) is 2.79. The van der Waals surface area contributed by atoms with Crippen molar-refractivity contribution in [3.8, 4) is 0 Å². The molecule has 0 atom stereocenters. The number of amides is 1. The lowest BCUT2D eigenvalue weighted by atomic mass is 10.1. The SMILES string of the molecule is Cc1cc(CNC(=O)c2cc(CN(CC(=O)O)Cc3ccc(C(=O)O)cc3)ncn2)ccc1F. The molecule has 3 aromatic rings. The van der Waals surface area contributed by atoms with Crippen LogP contribution in [0.1, 0.15) is 43.2 Å². The quantitative estimate of drug-likeness (QED) is 0.415. The summed E-state index contributed by atoms with van der Waals surface area (Å²) in [6, 6.07) is 12.2. The Hall–Kier alpha value is -4.18. The molecular weight excluding hydrogens is 443 g/mol. The fraction of sp³-hybridized carbons (Fsp3) is 0.208. The average molecular weight is 466 g/mol. The van der Waals surface area contributed by atoms with Crippen molar-refractivity contribution in [2.24, 2.45) is 0 Å². The van der Waals surface area contributed by atoms with Crippen molar-refractivity contribution >= 4 is 17.8 Å². The number of aromatic nitrogens is 2. The van der Waals surface area contributed by atoms with Crippen molar-refractivity contribution in [3.63, 3.8) is 0 Å². The number of aliphatic carboxylic acids is 1. The number of nitrogens with zero attached hydrogens (tertiary/aromatic N) is 3. The van der Waals surface area contributed by atoms with Gasteiger partial charge in [-0.3, -0.25) is 14.5 Å². The van der Waals surface area contributed by atoms with Crippen LogP contribution >= 0.6 is 0 Å². The Balaban J connectivity index is 1.67. The molecule has 0 fully saturated rings. The summed E-state index contributed by atoms with van der Waals surface area (Å²) < 4.78 is 13.4. The Morgan fingerprint density at radius 3 is 2.32 bits per heavy atom. The van der Waals surface area contributed by atoms with Gasteiger partial charge in [-0.1, -0.05) is 24.3 Å². The standard InChI is InChI=1S/C24H23FN4O5/c1-15-8-17(4-7-20(15)25)10-26-23(32)21-9-19(27-14-28-21)12-29(13-22(30)31)11-16-2-5-18(6-3-16)24(33)34/h2-9,14H,10-13H2,1H3,(H,26,32)(H,30,31)(H,33,34). The molecule has 10 heteroatoms. The summed E-state index contributed by atoms with van der Waals surface area (Å²) in [5.74, 6) is -2.85. The van der Waals surface area contributed by atoms with Crippen LogP contribution in [0.15, 0.2) is 54.9 Å². The maximum absolute atomic E-state index is 13.4. The van der Waals surface area contributed by atoms with Crippen LogP contribution in [0.3, 0.4) is 0 Å². The van der Waals surface area contributed by atoms with E-state index >= 15 is 0 Å². The summed E-state index contributed by atoms with van der Waals surface area (Å²) in [5.41, 5.74) is 2.64. The topological polar surface area (TPSA) is 133 Å². The van der Waals surface area contributed by atoms with Gasteiger partial charge in [-0.2, -0.15) is 0 Å². The van der Waals surface area contributed by atoms with Crippen LogP contribution in [0.2, 0.25) is 0 Å². The first-order valence-corrected chi connectivity index (χ1v) is 10.3. The van der Waals surface area contributed by atoms with E-state index in [9.17, 15) is 23.9 Å². The van der Waals surface area contributed by atoms with Gasteiger partial charge < -0.3 is 15.5 Å². The van der Waals surface area contributed by atoms with E-state index in [1.54, 1.807) is 36.1 Å². The summed E-state index contributed by atoms with van der Waals surface area (Å²) >= 11 is 0. The predicted octanol–water partition coefficient (Wildman–Crippen LogP) is 2.64. The molecule has 0 aliphatic carbocycles. The third kappa shape index (κ3) is 6.91. The van der Waals surface area contributed by atoms with E-state index in [2.05, 4.69) is 15.3 Å². The highest BCUT2D eigenvalue weighted by Gasteiger charge is 2.15. The van der Waals surface area contributed by atoms with Crippen molar-refractivity contribution in [1.29, 1.82) is 0 Å². The third-order valence-corrected chi connectivity index (χ3v) is 4.98. The van der Waals surface area contributed by atoms with E-state index in [-0.39, 0.29) is 43.3 Å². The van der Waals surface area contributed by atoms with E-state index in [0.717, 1.165) is 11.1 Å². The second kappa shape index (κ2) is 11.1. The van der Waals surface area contributed by atoms with Crippen molar-refractivity contribution in [2.75, 3.05) is 6.54 Å². The molecule has 0 aliphatic heterocycles. The summed E-state index contributed by atoms with van der Waals surface area (Å²) in [5, 5.41) is 21.0. The molecule has 0 saturated carbocycles. The van der Waals surface area contributed by atoms with Crippen molar-refractivity contribution in [1.82, 2.24) is 20.2 Å². The molecule has 0 spiro atoms. The lowest BCUT2D eigenvalue weighted by molar-refractivity contribution is -0.138. The van der Waals surface area contributed by atoms with Gasteiger partial charge >= 0.3 is 11.9 Å². The Bertz CT molecular complexity index is 1200. The Morgan fingerprint density at radius 2 is 1.68 bits per heavy atom. The highest BCUT2D eigenvalue weighted by Crippen LogP contribution is 2.12. The molecule has 1 amide bonds. The lowest BCUT2D eigenvalue weighted by Gasteiger charge is -2.20. The Kier molecular flexibility index (Phi) is 7.99. The minimum atomic E-state index is -1.05. The molecule has 0 radical (unpaired) electrons. The summed E-state index contributed by atoms with van der Waals surface area (Å²) in [6.07, 6.45) is 1.23. The lowest BCUT2D eigenvalue weighted by Crippen LogP contribution is -2.30. The molecule has 0 saturated heterocycles. The molecule has 2 aromatic carbocycles. The predicted molar refractivity (Wildman–Crippen MR) is 119 cm³/mol. The molecule has 34 heavy (non-hydrogen) atoms. The van der Waals surface area contributed by atoms with E-state index in [0.29, 0.717) is 11.3 Å². The normalized spacial score (nSPS) is 10.8. The van der Waals surface area contributed by atoms with Crippen LogP contribution in [-0.2, 0) is 24.4 Å². The number of benzene rings is 2. The number of carboxylic acid groups (broad SMARTS) is 2. The number of halogens is 1. The number of carbonyl (C=O) groups is 3. The highest BCUT2D eigenvalue weighted by molar-refractivity contribution is 5.92. The first kappa shape index (κ1) is 24.5. The summed E-state index contributed by atoms with van der Waals surface area (Å²) in [7, 11) is 0. The van der Waals surface area contributed by atoms with E-state index in [1.165, 1.54) is 30.6 Å². The minimum Gasteiger partial charge on any atom is -0.480 e. The maximum atomic E-state index is 13.4. The number of aromatic carboxylic acids is 1. The molecule has 9 nitrogen and oxygen atoms in total. The zero-order valence-corrected chi connectivity index (χ0v) is 18.4. The number of carbonyl (C=O) groups excluding carboxylic acids is 1. The van der Waals surface area contributed by atoms with Gasteiger partial charge in [0.25, 0.3) is 5.91 Å². The molecule has 3 rings (SSSR count). The van der Waals surface area contributed by atoms with Crippen LogP contribution in [0.25, 0.3) is 0 Å². The Labute approximate surface area is 194 Å². The molecule has 176 valence electrons. The largest absolute Gasteiger partial charge is 0.480 e. The van der Waals surface area contributed by atoms with Gasteiger partial charge in [0, 0.05) is 19.6 Å². The molecule has 0 aliphatic rings. The van der Waals surface area contributed by atoms with Gasteiger partial charge in [0.15, 0.2) is 0 Å². The van der Waals surface area contributed by atoms with Gasteiger partial charge in [-0.25, -0.2) is 19.2 Å². The van der Waals surface area contributed by atoms with Gasteiger partial charge in [0.2, 0.25) is 0 Å². The number of nitrogens with one attached hydrogen (secondary N) is 1. The number of rotatable bonds is 10. The minimum absolute atomic E-state index is 0.116. The van der Waals surface area contributed by atoms with Crippen LogP contribution < -0.4 is 5.32 Å². The number of hydrogen-bond donors (Lipinski definition) is 3. The highest BCUT2D eigenvalue weighted by atomic mass is 19.1. The van der Waals surface area contributed by atoms with E-state index < -0.39 is 17.8 Å². The fourth-order valence-corrected chi connectivity index (χ4v) is 3.30. The first-order valence-electron chi connectivity index (χ1n) is 10.3. The monoisotopic (exact) mass is 466 g/mol. The van der Waals surface area contributed by atoms with Crippen molar-refractivity contribution in [2.45, 2.75) is 26.6 Å². The van der Waals surface area contributed by atoms with Gasteiger partial charge in [-0.15, -0.1) is 0 Å². The van der Waals surface area contributed by atoms with Crippen LogP contribution in [-0.4, -0.2) is 49.5 Å². The fourth-order valence-electron chi connectivity index (χ4n) is 3.30.